The summed E-state index contributed by atoms with van der Waals surface area (Å²) in [5.41, 5.74) is 7.06. The van der Waals surface area contributed by atoms with E-state index < -0.39 is 0 Å². The highest BCUT2D eigenvalue weighted by atomic mass is 16.7. The summed E-state index contributed by atoms with van der Waals surface area (Å²) in [4.78, 5) is 0. The summed E-state index contributed by atoms with van der Waals surface area (Å²) in [7, 11) is -0.322. The van der Waals surface area contributed by atoms with E-state index in [1.807, 2.05) is 0 Å². The first-order chi connectivity index (χ1) is 12.5. The SMILES string of the molecule is Cc1c(B2OC(C)(C)C(C)(C)O2)ccc2c1C=C(c1ccccc1)C2(C)C. The van der Waals surface area contributed by atoms with Gasteiger partial charge in [-0.25, -0.2) is 0 Å². The van der Waals surface area contributed by atoms with Gasteiger partial charge in [0, 0.05) is 5.41 Å². The smallest absolute Gasteiger partial charge is 0.399 e. The van der Waals surface area contributed by atoms with Crippen molar-refractivity contribution >= 4 is 24.2 Å². The predicted octanol–water partition coefficient (Wildman–Crippen LogP) is 5.13. The summed E-state index contributed by atoms with van der Waals surface area (Å²) in [6, 6.07) is 15.1. The van der Waals surface area contributed by atoms with Gasteiger partial charge >= 0.3 is 7.12 Å². The first-order valence-electron chi connectivity index (χ1n) is 9.82. The van der Waals surface area contributed by atoms with Crippen molar-refractivity contribution in [3.05, 3.63) is 64.7 Å². The molecular weight excluding hydrogens is 331 g/mol. The maximum Gasteiger partial charge on any atom is 0.495 e. The zero-order valence-electron chi connectivity index (χ0n) is 17.5. The molecule has 1 saturated heterocycles. The molecule has 140 valence electrons. The lowest BCUT2D eigenvalue weighted by Crippen LogP contribution is -2.41. The van der Waals surface area contributed by atoms with Crippen LogP contribution < -0.4 is 5.46 Å². The largest absolute Gasteiger partial charge is 0.495 e. The van der Waals surface area contributed by atoms with E-state index in [0.29, 0.717) is 0 Å². The summed E-state index contributed by atoms with van der Waals surface area (Å²) in [6.45, 7) is 15.2. The number of hydrogen-bond acceptors (Lipinski definition) is 2. The second-order valence-electron chi connectivity index (χ2n) is 9.38. The predicted molar refractivity (Wildman–Crippen MR) is 114 cm³/mol. The Morgan fingerprint density at radius 3 is 1.96 bits per heavy atom. The fourth-order valence-corrected chi connectivity index (χ4v) is 4.23. The third kappa shape index (κ3) is 2.71. The van der Waals surface area contributed by atoms with Gasteiger partial charge < -0.3 is 9.31 Å². The van der Waals surface area contributed by atoms with Crippen LogP contribution in [-0.2, 0) is 14.7 Å². The lowest BCUT2D eigenvalue weighted by Gasteiger charge is -2.32. The van der Waals surface area contributed by atoms with E-state index >= 15 is 0 Å². The lowest BCUT2D eigenvalue weighted by atomic mass is 9.72. The molecule has 2 nitrogen and oxygen atoms in total. The molecule has 4 rings (SSSR count). The molecule has 1 aliphatic heterocycles. The monoisotopic (exact) mass is 360 g/mol. The van der Waals surface area contributed by atoms with Crippen molar-refractivity contribution in [1.29, 1.82) is 0 Å². The topological polar surface area (TPSA) is 18.5 Å². The molecule has 0 saturated carbocycles. The van der Waals surface area contributed by atoms with E-state index in [-0.39, 0.29) is 23.7 Å². The molecule has 27 heavy (non-hydrogen) atoms. The van der Waals surface area contributed by atoms with E-state index in [9.17, 15) is 0 Å². The van der Waals surface area contributed by atoms with E-state index in [0.717, 1.165) is 5.46 Å². The van der Waals surface area contributed by atoms with Gasteiger partial charge in [-0.15, -0.1) is 0 Å². The number of rotatable bonds is 2. The van der Waals surface area contributed by atoms with Crippen LogP contribution in [0.4, 0.5) is 0 Å². The molecule has 1 heterocycles. The van der Waals surface area contributed by atoms with Crippen LogP contribution in [-0.4, -0.2) is 18.3 Å². The van der Waals surface area contributed by atoms with Crippen LogP contribution in [0.25, 0.3) is 11.6 Å². The van der Waals surface area contributed by atoms with Crippen molar-refractivity contribution in [2.45, 2.75) is 65.1 Å². The van der Waals surface area contributed by atoms with Crippen LogP contribution in [0, 0.1) is 6.92 Å². The molecule has 3 heteroatoms. The third-order valence-corrected chi connectivity index (χ3v) is 6.78. The zero-order valence-corrected chi connectivity index (χ0v) is 17.5. The third-order valence-electron chi connectivity index (χ3n) is 6.78. The van der Waals surface area contributed by atoms with Gasteiger partial charge in [-0.05, 0) is 74.0 Å². The van der Waals surface area contributed by atoms with E-state index in [2.05, 4.69) is 97.0 Å². The molecule has 1 fully saturated rings. The average Bonchev–Trinajstić information content (AvgIpc) is 2.98. The molecule has 0 amide bonds. The van der Waals surface area contributed by atoms with Gasteiger partial charge in [-0.3, -0.25) is 0 Å². The van der Waals surface area contributed by atoms with Gasteiger partial charge in [0.05, 0.1) is 11.2 Å². The van der Waals surface area contributed by atoms with Crippen molar-refractivity contribution < 1.29 is 9.31 Å². The molecular formula is C24H29BO2. The first kappa shape index (κ1) is 18.5. The normalized spacial score (nSPS) is 21.9. The van der Waals surface area contributed by atoms with Gasteiger partial charge in [-0.1, -0.05) is 56.3 Å². The Morgan fingerprint density at radius 2 is 1.37 bits per heavy atom. The molecule has 0 spiro atoms. The standard InChI is InChI=1S/C24H29BO2/c1-16-18-15-20(17-11-9-8-10-12-17)22(2,3)19(18)13-14-21(16)25-26-23(4,5)24(6,7)27-25/h8-15H,1-7H3. The van der Waals surface area contributed by atoms with Crippen molar-refractivity contribution in [2.75, 3.05) is 0 Å². The molecule has 1 aliphatic carbocycles. The molecule has 0 atom stereocenters. The van der Waals surface area contributed by atoms with Crippen LogP contribution in [0.1, 0.15) is 63.8 Å². The zero-order chi connectivity index (χ0) is 19.6. The van der Waals surface area contributed by atoms with E-state index in [1.165, 1.54) is 27.8 Å². The number of hydrogen-bond donors (Lipinski definition) is 0. The van der Waals surface area contributed by atoms with Crippen molar-refractivity contribution in [3.63, 3.8) is 0 Å². The Balaban J connectivity index is 1.79. The van der Waals surface area contributed by atoms with Crippen LogP contribution in [0.5, 0.6) is 0 Å². The molecule has 2 aromatic carbocycles. The molecule has 0 unspecified atom stereocenters. The van der Waals surface area contributed by atoms with Gasteiger partial charge in [-0.2, -0.15) is 0 Å². The fourth-order valence-electron chi connectivity index (χ4n) is 4.23. The second kappa shape index (κ2) is 5.83. The summed E-state index contributed by atoms with van der Waals surface area (Å²) >= 11 is 0. The first-order valence-corrected chi connectivity index (χ1v) is 9.82. The quantitative estimate of drug-likeness (QED) is 0.692. The highest BCUT2D eigenvalue weighted by molar-refractivity contribution is 6.62. The molecule has 2 aromatic rings. The number of benzene rings is 2. The van der Waals surface area contributed by atoms with Crippen LogP contribution in [0.15, 0.2) is 42.5 Å². The minimum atomic E-state index is -0.326. The van der Waals surface area contributed by atoms with Crippen molar-refractivity contribution in [1.82, 2.24) is 0 Å². The molecule has 0 radical (unpaired) electrons. The summed E-state index contributed by atoms with van der Waals surface area (Å²) < 4.78 is 12.6. The Morgan fingerprint density at radius 1 is 0.778 bits per heavy atom. The van der Waals surface area contributed by atoms with Gasteiger partial charge in [0.2, 0.25) is 0 Å². The molecule has 0 aromatic heterocycles. The highest BCUT2D eigenvalue weighted by Gasteiger charge is 2.52. The number of allylic oxidation sites excluding steroid dienone is 1. The van der Waals surface area contributed by atoms with Crippen molar-refractivity contribution in [3.8, 4) is 0 Å². The Labute approximate surface area is 163 Å². The summed E-state index contributed by atoms with van der Waals surface area (Å²) in [5.74, 6) is 0. The average molecular weight is 360 g/mol. The van der Waals surface area contributed by atoms with Crippen LogP contribution in [0.2, 0.25) is 0 Å². The molecule has 0 bridgehead atoms. The summed E-state index contributed by atoms with van der Waals surface area (Å²) in [5, 5.41) is 0. The van der Waals surface area contributed by atoms with E-state index in [1.54, 1.807) is 0 Å². The van der Waals surface area contributed by atoms with Crippen LogP contribution >= 0.6 is 0 Å². The minimum absolute atomic E-state index is 0.0179. The Hall–Kier alpha value is -1.84. The maximum absolute atomic E-state index is 6.31. The molecule has 0 N–H and O–H groups in total. The lowest BCUT2D eigenvalue weighted by molar-refractivity contribution is 0.00578. The fraction of sp³-hybridized carbons (Fsp3) is 0.417. The van der Waals surface area contributed by atoms with Crippen molar-refractivity contribution in [2.24, 2.45) is 0 Å². The second-order valence-corrected chi connectivity index (χ2v) is 9.38. The van der Waals surface area contributed by atoms with Gasteiger partial charge in [0.25, 0.3) is 0 Å². The Kier molecular flexibility index (Phi) is 4.00. The van der Waals surface area contributed by atoms with Crippen LogP contribution in [0.3, 0.4) is 0 Å². The number of fused-ring (bicyclic) bond motifs is 1. The van der Waals surface area contributed by atoms with Gasteiger partial charge in [0.15, 0.2) is 0 Å². The Bertz CT molecular complexity index is 907. The maximum atomic E-state index is 6.31. The van der Waals surface area contributed by atoms with Gasteiger partial charge in [0.1, 0.15) is 0 Å². The molecule has 2 aliphatic rings. The minimum Gasteiger partial charge on any atom is -0.399 e. The van der Waals surface area contributed by atoms with E-state index in [4.69, 9.17) is 9.31 Å². The highest BCUT2D eigenvalue weighted by Crippen LogP contribution is 2.47. The summed E-state index contributed by atoms with van der Waals surface area (Å²) in [6.07, 6.45) is 2.36.